The molecule has 2 N–H and O–H groups in total. The Bertz CT molecular complexity index is 1290. The summed E-state index contributed by atoms with van der Waals surface area (Å²) in [7, 11) is 1.01. The van der Waals surface area contributed by atoms with Crippen LogP contribution in [0.15, 0.2) is 36.4 Å². The Morgan fingerprint density at radius 3 is 2.45 bits per heavy atom. The van der Waals surface area contributed by atoms with Gasteiger partial charge in [-0.3, -0.25) is 10.2 Å². The Hall–Kier alpha value is -4.09. The fraction of sp³-hybridized carbons (Fsp3) is 0.391. The molecule has 1 saturated carbocycles. The summed E-state index contributed by atoms with van der Waals surface area (Å²) in [5.41, 5.74) is -1.87. The third-order valence-corrected chi connectivity index (χ3v) is 5.66. The van der Waals surface area contributed by atoms with Gasteiger partial charge in [0, 0.05) is 31.4 Å². The Balaban J connectivity index is 2.07. The van der Waals surface area contributed by atoms with Crippen molar-refractivity contribution in [2.45, 2.75) is 44.5 Å². The Morgan fingerprint density at radius 2 is 1.95 bits per heavy atom. The average Bonchev–Trinajstić information content (AvgIpc) is 3.58. The van der Waals surface area contributed by atoms with Gasteiger partial charge < -0.3 is 15.0 Å². The van der Waals surface area contributed by atoms with Gasteiger partial charge in [-0.25, -0.2) is 4.68 Å². The number of carbonyl (C=O) groups is 1. The van der Waals surface area contributed by atoms with E-state index in [9.17, 15) is 40.8 Å². The van der Waals surface area contributed by atoms with Crippen molar-refractivity contribution < 1.29 is 40.3 Å². The summed E-state index contributed by atoms with van der Waals surface area (Å²) in [6, 6.07) is 6.22. The molecule has 1 aliphatic rings. The number of alkyl halides is 7. The van der Waals surface area contributed by atoms with Crippen molar-refractivity contribution in [1.82, 2.24) is 20.0 Å². The SMILES string of the molecule is CCN(C(=O)c1cc(-c2cnn(/C(NC)=C(\OC(F)F)C(=N)C(F)(F)C(F)(F)F)c2)ccc1C#N)C1CC1. The molecule has 204 valence electrons. The highest BCUT2D eigenvalue weighted by molar-refractivity contribution is 6.05. The molecule has 0 saturated heterocycles. The predicted octanol–water partition coefficient (Wildman–Crippen LogP) is 4.85. The molecule has 1 heterocycles. The minimum absolute atomic E-state index is 0.0622. The zero-order valence-corrected chi connectivity index (χ0v) is 19.9. The highest BCUT2D eigenvalue weighted by Crippen LogP contribution is 2.39. The van der Waals surface area contributed by atoms with Gasteiger partial charge in [-0.15, -0.1) is 0 Å². The van der Waals surface area contributed by atoms with Crippen LogP contribution in [0.4, 0.5) is 30.7 Å². The minimum atomic E-state index is -6.26. The van der Waals surface area contributed by atoms with E-state index < -0.39 is 36.0 Å². The molecule has 38 heavy (non-hydrogen) atoms. The van der Waals surface area contributed by atoms with E-state index in [1.54, 1.807) is 11.8 Å². The number of halogens is 7. The largest absolute Gasteiger partial charge is 0.459 e. The number of aromatic nitrogens is 2. The van der Waals surface area contributed by atoms with Crippen molar-refractivity contribution in [3.8, 4) is 17.2 Å². The third kappa shape index (κ3) is 5.58. The second-order valence-electron chi connectivity index (χ2n) is 8.12. The van der Waals surface area contributed by atoms with E-state index in [1.165, 1.54) is 18.2 Å². The van der Waals surface area contributed by atoms with Crippen LogP contribution < -0.4 is 5.32 Å². The fourth-order valence-corrected chi connectivity index (χ4v) is 3.64. The number of nitrogens with one attached hydrogen (secondary N) is 2. The molecule has 0 unspecified atom stereocenters. The molecule has 1 fully saturated rings. The standard InChI is InChI=1S/C23H21F7N6O2/c1-3-35(15-6-7-15)20(37)16-8-12(4-5-13(16)9-31)14-10-34-36(11-14)19(33-2)17(38-21(24)25)18(32)22(26,27)23(28,29)30/h4-5,8,10-11,15,21,32-33H,3,6-7H2,1-2H3/b19-17-,32-18?. The zero-order chi connectivity index (χ0) is 28.4. The van der Waals surface area contributed by atoms with Gasteiger partial charge in [0.2, 0.25) is 0 Å². The van der Waals surface area contributed by atoms with Gasteiger partial charge in [0.1, 0.15) is 0 Å². The van der Waals surface area contributed by atoms with Crippen molar-refractivity contribution in [2.75, 3.05) is 13.6 Å². The maximum Gasteiger partial charge on any atom is 0.459 e. The Morgan fingerprint density at radius 1 is 1.29 bits per heavy atom. The summed E-state index contributed by atoms with van der Waals surface area (Å²) in [5.74, 6) is -8.88. The molecule has 1 aromatic heterocycles. The molecule has 0 aliphatic heterocycles. The van der Waals surface area contributed by atoms with E-state index in [0.29, 0.717) is 16.8 Å². The number of benzene rings is 1. The number of nitriles is 1. The number of ether oxygens (including phenoxy) is 1. The molecule has 1 aliphatic carbocycles. The normalized spacial score (nSPS) is 14.6. The van der Waals surface area contributed by atoms with Gasteiger partial charge in [0.15, 0.2) is 17.3 Å². The maximum absolute atomic E-state index is 13.8. The fourth-order valence-electron chi connectivity index (χ4n) is 3.64. The molecule has 2 aromatic rings. The Labute approximate surface area is 211 Å². The smallest absolute Gasteiger partial charge is 0.429 e. The van der Waals surface area contributed by atoms with E-state index in [2.05, 4.69) is 15.2 Å². The van der Waals surface area contributed by atoms with Crippen LogP contribution in [0.25, 0.3) is 16.9 Å². The van der Waals surface area contributed by atoms with Gasteiger partial charge in [-0.2, -0.15) is 41.1 Å². The van der Waals surface area contributed by atoms with E-state index in [0.717, 1.165) is 32.3 Å². The van der Waals surface area contributed by atoms with Crippen LogP contribution in [0.1, 0.15) is 35.7 Å². The molecule has 1 aromatic carbocycles. The van der Waals surface area contributed by atoms with Crippen molar-refractivity contribution >= 4 is 17.4 Å². The number of amides is 1. The van der Waals surface area contributed by atoms with Crippen LogP contribution in [0.3, 0.4) is 0 Å². The number of allylic oxidation sites excluding steroid dienone is 1. The predicted molar refractivity (Wildman–Crippen MR) is 120 cm³/mol. The van der Waals surface area contributed by atoms with Crippen LogP contribution in [-0.2, 0) is 4.74 Å². The van der Waals surface area contributed by atoms with E-state index >= 15 is 0 Å². The molecular formula is C23H21F7N6O2. The molecule has 0 bridgehead atoms. The highest BCUT2D eigenvalue weighted by Gasteiger charge is 2.62. The minimum Gasteiger partial charge on any atom is -0.429 e. The summed E-state index contributed by atoms with van der Waals surface area (Å²) >= 11 is 0. The van der Waals surface area contributed by atoms with Crippen LogP contribution >= 0.6 is 0 Å². The monoisotopic (exact) mass is 546 g/mol. The van der Waals surface area contributed by atoms with Gasteiger partial charge in [0.25, 0.3) is 5.91 Å². The molecule has 0 radical (unpaired) electrons. The first-order valence-corrected chi connectivity index (χ1v) is 11.1. The number of hydrogen-bond donors (Lipinski definition) is 2. The summed E-state index contributed by atoms with van der Waals surface area (Å²) in [6.45, 7) is -1.64. The second kappa shape index (κ2) is 10.7. The molecule has 0 atom stereocenters. The summed E-state index contributed by atoms with van der Waals surface area (Å²) in [6.07, 6.45) is -2.39. The van der Waals surface area contributed by atoms with Crippen molar-refractivity contribution in [2.24, 2.45) is 0 Å². The summed E-state index contributed by atoms with van der Waals surface area (Å²) < 4.78 is 96.6. The number of rotatable bonds is 10. The van der Waals surface area contributed by atoms with Crippen LogP contribution in [0, 0.1) is 16.7 Å². The average molecular weight is 546 g/mol. The lowest BCUT2D eigenvalue weighted by Crippen LogP contribution is -2.45. The summed E-state index contributed by atoms with van der Waals surface area (Å²) in [5, 5.41) is 22.8. The number of hydrogen-bond acceptors (Lipinski definition) is 6. The number of carbonyl (C=O) groups excluding carboxylic acids is 1. The van der Waals surface area contributed by atoms with Gasteiger partial charge in [-0.1, -0.05) is 6.07 Å². The zero-order valence-electron chi connectivity index (χ0n) is 19.9. The molecule has 0 spiro atoms. The molecular weight excluding hydrogens is 525 g/mol. The first-order chi connectivity index (χ1) is 17.8. The van der Waals surface area contributed by atoms with Gasteiger partial charge in [-0.05, 0) is 37.5 Å². The number of nitrogens with zero attached hydrogens (tertiary/aromatic N) is 4. The quantitative estimate of drug-likeness (QED) is 0.252. The molecule has 8 nitrogen and oxygen atoms in total. The van der Waals surface area contributed by atoms with Gasteiger partial charge >= 0.3 is 18.7 Å². The van der Waals surface area contributed by atoms with E-state index in [1.807, 2.05) is 6.07 Å². The topological polar surface area (TPSA) is 107 Å². The van der Waals surface area contributed by atoms with Crippen molar-refractivity contribution in [3.05, 3.63) is 47.5 Å². The lowest BCUT2D eigenvalue weighted by atomic mass is 10.0. The maximum atomic E-state index is 13.8. The molecule has 1 amide bonds. The van der Waals surface area contributed by atoms with E-state index in [4.69, 9.17) is 5.41 Å². The van der Waals surface area contributed by atoms with E-state index in [-0.39, 0.29) is 28.6 Å². The van der Waals surface area contributed by atoms with Crippen LogP contribution in [-0.4, -0.2) is 64.6 Å². The lowest BCUT2D eigenvalue weighted by Gasteiger charge is -2.23. The van der Waals surface area contributed by atoms with Gasteiger partial charge in [0.05, 0.1) is 23.4 Å². The Kier molecular flexibility index (Phi) is 8.03. The summed E-state index contributed by atoms with van der Waals surface area (Å²) in [4.78, 5) is 14.7. The van der Waals surface area contributed by atoms with Crippen LogP contribution in [0.5, 0.6) is 0 Å². The van der Waals surface area contributed by atoms with Crippen molar-refractivity contribution in [1.29, 1.82) is 10.7 Å². The van der Waals surface area contributed by atoms with Crippen LogP contribution in [0.2, 0.25) is 0 Å². The van der Waals surface area contributed by atoms with Crippen molar-refractivity contribution in [3.63, 3.8) is 0 Å². The first kappa shape index (κ1) is 28.5. The third-order valence-electron chi connectivity index (χ3n) is 5.66. The molecule has 15 heteroatoms. The first-order valence-electron chi connectivity index (χ1n) is 11.1. The highest BCUT2D eigenvalue weighted by atomic mass is 19.4. The second-order valence-corrected chi connectivity index (χ2v) is 8.12. The lowest BCUT2D eigenvalue weighted by molar-refractivity contribution is -0.250. The molecule has 3 rings (SSSR count).